The molecule has 0 aromatic heterocycles. The van der Waals surface area contributed by atoms with Crippen molar-refractivity contribution in [3.05, 3.63) is 24.8 Å². The zero-order valence-electron chi connectivity index (χ0n) is 6.87. The quantitative estimate of drug-likeness (QED) is 0.278. The summed E-state index contributed by atoms with van der Waals surface area (Å²) in [6.07, 6.45) is 3.04. The summed E-state index contributed by atoms with van der Waals surface area (Å²) in [5.41, 5.74) is 0. The summed E-state index contributed by atoms with van der Waals surface area (Å²) in [7, 11) is 0. The molecule has 0 atom stereocenters. The van der Waals surface area contributed by atoms with Gasteiger partial charge in [0.15, 0.2) is 0 Å². The second kappa shape index (κ2) is 9.15. The van der Waals surface area contributed by atoms with Crippen LogP contribution in [0.15, 0.2) is 24.8 Å². The van der Waals surface area contributed by atoms with Gasteiger partial charge in [-0.1, -0.05) is 6.08 Å². The molecule has 0 aliphatic rings. The van der Waals surface area contributed by atoms with Gasteiger partial charge in [-0.2, -0.15) is 0 Å². The number of carbonyl (C=O) groups is 2. The normalized spacial score (nSPS) is 8.67. The molecule has 0 spiro atoms. The average Bonchev–Trinajstić information content (AvgIpc) is 1.97. The molecule has 12 heavy (non-hydrogen) atoms. The molecule has 0 saturated heterocycles. The molecule has 0 aromatic carbocycles. The van der Waals surface area contributed by atoms with E-state index in [1.54, 1.807) is 0 Å². The Hall–Kier alpha value is 0.0564. The van der Waals surface area contributed by atoms with E-state index in [0.29, 0.717) is 12.6 Å². The van der Waals surface area contributed by atoms with E-state index in [9.17, 15) is 14.7 Å². The molecule has 0 rings (SSSR count). The summed E-state index contributed by atoms with van der Waals surface area (Å²) >= 11 is 0. The molecule has 0 aliphatic carbocycles. The van der Waals surface area contributed by atoms with Gasteiger partial charge in [-0.25, -0.2) is 0 Å². The van der Waals surface area contributed by atoms with Crippen LogP contribution >= 0.6 is 0 Å². The number of carbonyl (C=O) groups excluding carboxylic acids is 2. The smallest absolute Gasteiger partial charge is 0.545 e. The molecule has 0 bridgehead atoms. The van der Waals surface area contributed by atoms with Crippen LogP contribution in [0, 0.1) is 0 Å². The summed E-state index contributed by atoms with van der Waals surface area (Å²) in [5, 5.41) is 12.1. The largest absolute Gasteiger partial charge is 1.00 e. The van der Waals surface area contributed by atoms with Crippen molar-refractivity contribution in [2.24, 2.45) is 0 Å². The average molecular weight is 193 g/mol. The van der Waals surface area contributed by atoms with E-state index in [1.165, 1.54) is 6.08 Å². The van der Waals surface area contributed by atoms with Crippen LogP contribution in [-0.2, 0) is 9.59 Å². The molecule has 0 aromatic rings. The first kappa shape index (κ1) is 14.6. The number of hydrogen-bond donors (Lipinski definition) is 1. The van der Waals surface area contributed by atoms with E-state index in [2.05, 4.69) is 11.9 Å². The van der Waals surface area contributed by atoms with E-state index in [-0.39, 0.29) is 51.4 Å². The first-order chi connectivity index (χ1) is 5.16. The van der Waals surface area contributed by atoms with Crippen LogP contribution in [0.2, 0.25) is 0 Å². The Bertz CT molecular complexity index is 201. The van der Waals surface area contributed by atoms with Crippen molar-refractivity contribution in [1.29, 1.82) is 0 Å². The van der Waals surface area contributed by atoms with Gasteiger partial charge in [0.1, 0.15) is 0 Å². The molecule has 4 nitrogen and oxygen atoms in total. The monoisotopic (exact) mass is 193 g/mol. The zero-order chi connectivity index (χ0) is 8.69. The fourth-order valence-electron chi connectivity index (χ4n) is 0.375. The Balaban J connectivity index is 0. The molecule has 0 unspecified atom stereocenters. The minimum atomic E-state index is -1.39. The second-order valence-corrected chi connectivity index (χ2v) is 1.69. The van der Waals surface area contributed by atoms with Crippen LogP contribution in [-0.4, -0.2) is 18.4 Å². The molecule has 1 amide bonds. The van der Waals surface area contributed by atoms with Crippen LogP contribution < -0.4 is 61.8 Å². The van der Waals surface area contributed by atoms with Crippen molar-refractivity contribution in [2.75, 3.05) is 6.54 Å². The number of amides is 1. The Morgan fingerprint density at radius 3 is 2.42 bits per heavy atom. The van der Waals surface area contributed by atoms with E-state index in [4.69, 9.17) is 0 Å². The van der Waals surface area contributed by atoms with Gasteiger partial charge < -0.3 is 15.2 Å². The van der Waals surface area contributed by atoms with Crippen LogP contribution in [0.5, 0.6) is 0 Å². The van der Waals surface area contributed by atoms with E-state index < -0.39 is 11.9 Å². The fourth-order valence-corrected chi connectivity index (χ4v) is 0.375. The van der Waals surface area contributed by atoms with Gasteiger partial charge in [0.25, 0.3) is 0 Å². The molecule has 0 saturated carbocycles. The van der Waals surface area contributed by atoms with E-state index in [1.807, 2.05) is 0 Å². The Kier molecular flexibility index (Phi) is 11.1. The number of carboxylic acid groups (broad SMARTS) is 1. The Morgan fingerprint density at radius 2 is 2.00 bits per heavy atom. The number of nitrogens with one attached hydrogen (secondary N) is 1. The summed E-state index contributed by atoms with van der Waals surface area (Å²) < 4.78 is 0. The number of carboxylic acids is 1. The van der Waals surface area contributed by atoms with Crippen molar-refractivity contribution in [3.63, 3.8) is 0 Å². The van der Waals surface area contributed by atoms with E-state index >= 15 is 0 Å². The fraction of sp³-hybridized carbons (Fsp3) is 0.143. The SMILES string of the molecule is C=CCNC(=O)/C=C\C(=O)[O-].[K+]. The topological polar surface area (TPSA) is 69.2 Å². The third-order valence-corrected chi connectivity index (χ3v) is 0.791. The molecule has 0 radical (unpaired) electrons. The predicted molar refractivity (Wildman–Crippen MR) is 37.4 cm³/mol. The number of aliphatic carboxylic acids is 1. The van der Waals surface area contributed by atoms with Gasteiger partial charge in [-0.3, -0.25) is 4.79 Å². The Morgan fingerprint density at radius 1 is 1.42 bits per heavy atom. The maximum absolute atomic E-state index is 10.6. The van der Waals surface area contributed by atoms with Crippen LogP contribution in [0.4, 0.5) is 0 Å². The molecule has 60 valence electrons. The minimum Gasteiger partial charge on any atom is -0.545 e. The van der Waals surface area contributed by atoms with Crippen LogP contribution in [0.3, 0.4) is 0 Å². The summed E-state index contributed by atoms with van der Waals surface area (Å²) in [4.78, 5) is 20.3. The van der Waals surface area contributed by atoms with Gasteiger partial charge >= 0.3 is 51.4 Å². The van der Waals surface area contributed by atoms with Crippen LogP contribution in [0.1, 0.15) is 0 Å². The zero-order valence-corrected chi connectivity index (χ0v) is 9.99. The molecule has 5 heteroatoms. The standard InChI is InChI=1S/C7H9NO3.K/c1-2-5-8-6(9)3-4-7(10)11;/h2-4H,1,5H2,(H,8,9)(H,10,11);/q;+1/p-1/b4-3-;. The summed E-state index contributed by atoms with van der Waals surface area (Å²) in [5.74, 6) is -1.87. The molecule has 1 N–H and O–H groups in total. The maximum atomic E-state index is 10.6. The second-order valence-electron chi connectivity index (χ2n) is 1.69. The Labute approximate surface area is 113 Å². The first-order valence-electron chi connectivity index (χ1n) is 2.94. The van der Waals surface area contributed by atoms with Crippen molar-refractivity contribution < 1.29 is 66.1 Å². The molecule has 0 fully saturated rings. The van der Waals surface area contributed by atoms with Gasteiger partial charge in [0, 0.05) is 12.6 Å². The van der Waals surface area contributed by atoms with Crippen molar-refractivity contribution in [1.82, 2.24) is 5.32 Å². The minimum absolute atomic E-state index is 0. The van der Waals surface area contributed by atoms with Crippen LogP contribution in [0.25, 0.3) is 0 Å². The molecular weight excluding hydrogens is 185 g/mol. The third-order valence-electron chi connectivity index (χ3n) is 0.791. The molecular formula is C7H8KNO3. The van der Waals surface area contributed by atoms with Gasteiger partial charge in [-0.15, -0.1) is 6.58 Å². The molecule has 0 aliphatic heterocycles. The third kappa shape index (κ3) is 10.1. The number of hydrogen-bond acceptors (Lipinski definition) is 3. The van der Waals surface area contributed by atoms with Gasteiger partial charge in [0.05, 0.1) is 5.97 Å². The maximum Gasteiger partial charge on any atom is 1.00 e. The summed E-state index contributed by atoms with van der Waals surface area (Å²) in [6.45, 7) is 3.68. The van der Waals surface area contributed by atoms with E-state index in [0.717, 1.165) is 6.08 Å². The van der Waals surface area contributed by atoms with Gasteiger partial charge in [0.2, 0.25) is 5.91 Å². The van der Waals surface area contributed by atoms with Crippen molar-refractivity contribution in [3.8, 4) is 0 Å². The van der Waals surface area contributed by atoms with Crippen molar-refractivity contribution in [2.45, 2.75) is 0 Å². The summed E-state index contributed by atoms with van der Waals surface area (Å²) in [6, 6.07) is 0. The molecule has 0 heterocycles. The van der Waals surface area contributed by atoms with Crippen molar-refractivity contribution >= 4 is 11.9 Å². The number of rotatable bonds is 4. The first-order valence-corrected chi connectivity index (χ1v) is 2.94. The predicted octanol–water partition coefficient (Wildman–Crippen LogP) is -4.40. The van der Waals surface area contributed by atoms with Gasteiger partial charge in [-0.05, 0) is 6.08 Å².